The molecule has 2 rings (SSSR count). The molecule has 0 fully saturated rings. The van der Waals surface area contributed by atoms with Crippen molar-refractivity contribution in [3.05, 3.63) is 53.1 Å². The minimum Gasteiger partial charge on any atom is -0.329 e. The average molecular weight is 229 g/mol. The van der Waals surface area contributed by atoms with E-state index in [1.54, 1.807) is 0 Å². The first-order chi connectivity index (χ1) is 8.20. The van der Waals surface area contributed by atoms with Crippen LogP contribution < -0.4 is 5.32 Å². The molecule has 0 radical (unpaired) electrons. The lowest BCUT2D eigenvalue weighted by Crippen LogP contribution is -2.13. The summed E-state index contributed by atoms with van der Waals surface area (Å²) in [5, 5.41) is 3.14. The van der Waals surface area contributed by atoms with Gasteiger partial charge in [-0.15, -0.1) is 0 Å². The number of nitrogens with one attached hydrogen (secondary N) is 1. The van der Waals surface area contributed by atoms with E-state index in [-0.39, 0.29) is 0 Å². The van der Waals surface area contributed by atoms with Gasteiger partial charge in [0.15, 0.2) is 0 Å². The minimum atomic E-state index is 0.803. The molecule has 0 atom stereocenters. The number of nitrogens with zero attached hydrogens (tertiary/aromatic N) is 2. The fourth-order valence-corrected chi connectivity index (χ4v) is 1.96. The Morgan fingerprint density at radius 1 is 1.29 bits per heavy atom. The van der Waals surface area contributed by atoms with E-state index in [0.29, 0.717) is 0 Å². The maximum absolute atomic E-state index is 4.35. The smallest absolute Gasteiger partial charge is 0.122 e. The van der Waals surface area contributed by atoms with Crippen LogP contribution >= 0.6 is 0 Å². The van der Waals surface area contributed by atoms with E-state index in [4.69, 9.17) is 0 Å². The SMILES string of the molecule is CNCc1nccn1Cc1cc(C)ccc1C. The summed E-state index contributed by atoms with van der Waals surface area (Å²) in [6.45, 7) is 5.98. The fraction of sp³-hybridized carbons (Fsp3) is 0.357. The van der Waals surface area contributed by atoms with E-state index < -0.39 is 0 Å². The van der Waals surface area contributed by atoms with E-state index in [1.807, 2.05) is 19.4 Å². The van der Waals surface area contributed by atoms with E-state index in [9.17, 15) is 0 Å². The third-order valence-electron chi connectivity index (χ3n) is 2.98. The third-order valence-corrected chi connectivity index (χ3v) is 2.98. The first-order valence-corrected chi connectivity index (χ1v) is 5.91. The molecule has 0 aliphatic carbocycles. The Morgan fingerprint density at radius 2 is 2.12 bits per heavy atom. The summed E-state index contributed by atoms with van der Waals surface area (Å²) in [5.74, 6) is 1.08. The molecule has 1 aromatic heterocycles. The van der Waals surface area contributed by atoms with Crippen LogP contribution in [0.4, 0.5) is 0 Å². The van der Waals surface area contributed by atoms with Gasteiger partial charge in [-0.1, -0.05) is 23.8 Å². The normalized spacial score (nSPS) is 10.8. The van der Waals surface area contributed by atoms with Crippen LogP contribution in [0.1, 0.15) is 22.5 Å². The molecule has 0 aliphatic heterocycles. The van der Waals surface area contributed by atoms with Crippen LogP contribution in [0.3, 0.4) is 0 Å². The second kappa shape index (κ2) is 5.15. The topological polar surface area (TPSA) is 29.9 Å². The number of hydrogen-bond acceptors (Lipinski definition) is 2. The van der Waals surface area contributed by atoms with Gasteiger partial charge in [-0.25, -0.2) is 4.98 Å². The summed E-state index contributed by atoms with van der Waals surface area (Å²) in [7, 11) is 1.94. The second-order valence-electron chi connectivity index (χ2n) is 4.43. The highest BCUT2D eigenvalue weighted by Gasteiger charge is 2.04. The molecular weight excluding hydrogens is 210 g/mol. The molecule has 0 saturated heterocycles. The Morgan fingerprint density at radius 3 is 2.88 bits per heavy atom. The average Bonchev–Trinajstić information content (AvgIpc) is 2.72. The Balaban J connectivity index is 2.25. The van der Waals surface area contributed by atoms with Crippen molar-refractivity contribution >= 4 is 0 Å². The molecule has 0 bridgehead atoms. The lowest BCUT2D eigenvalue weighted by molar-refractivity contribution is 0.671. The molecule has 1 N–H and O–H groups in total. The molecule has 0 unspecified atom stereocenters. The van der Waals surface area contributed by atoms with E-state index in [0.717, 1.165) is 18.9 Å². The summed E-state index contributed by atoms with van der Waals surface area (Å²) in [6.07, 6.45) is 3.90. The summed E-state index contributed by atoms with van der Waals surface area (Å²) in [6, 6.07) is 6.58. The molecule has 0 spiro atoms. The zero-order chi connectivity index (χ0) is 12.3. The molecule has 1 heterocycles. The van der Waals surface area contributed by atoms with Gasteiger partial charge in [-0.05, 0) is 32.0 Å². The van der Waals surface area contributed by atoms with Crippen LogP contribution in [0, 0.1) is 13.8 Å². The Hall–Kier alpha value is -1.61. The van der Waals surface area contributed by atoms with E-state index in [2.05, 4.69) is 46.9 Å². The van der Waals surface area contributed by atoms with E-state index >= 15 is 0 Å². The predicted molar refractivity (Wildman–Crippen MR) is 70.0 cm³/mol. The van der Waals surface area contributed by atoms with Gasteiger partial charge in [-0.3, -0.25) is 0 Å². The zero-order valence-corrected chi connectivity index (χ0v) is 10.7. The highest BCUT2D eigenvalue weighted by molar-refractivity contribution is 5.30. The van der Waals surface area contributed by atoms with Crippen molar-refractivity contribution in [2.75, 3.05) is 7.05 Å². The number of hydrogen-bond donors (Lipinski definition) is 1. The highest BCUT2D eigenvalue weighted by atomic mass is 15.1. The van der Waals surface area contributed by atoms with Gasteiger partial charge in [-0.2, -0.15) is 0 Å². The summed E-state index contributed by atoms with van der Waals surface area (Å²) in [5.41, 5.74) is 4.00. The van der Waals surface area contributed by atoms with Gasteiger partial charge in [0.05, 0.1) is 6.54 Å². The molecule has 3 nitrogen and oxygen atoms in total. The van der Waals surface area contributed by atoms with Crippen LogP contribution in [-0.4, -0.2) is 16.6 Å². The standard InChI is InChI=1S/C14H19N3/c1-11-4-5-12(2)13(8-11)10-17-7-6-16-14(17)9-15-3/h4-8,15H,9-10H2,1-3H3. The van der Waals surface area contributed by atoms with Crippen LogP contribution in [0.5, 0.6) is 0 Å². The van der Waals surface area contributed by atoms with E-state index in [1.165, 1.54) is 16.7 Å². The number of aromatic nitrogens is 2. The van der Waals surface area contributed by atoms with Crippen molar-refractivity contribution in [3.63, 3.8) is 0 Å². The van der Waals surface area contributed by atoms with Crippen LogP contribution in [0.25, 0.3) is 0 Å². The summed E-state index contributed by atoms with van der Waals surface area (Å²) >= 11 is 0. The van der Waals surface area contributed by atoms with Crippen molar-refractivity contribution in [1.29, 1.82) is 0 Å². The van der Waals surface area contributed by atoms with Gasteiger partial charge in [0.25, 0.3) is 0 Å². The van der Waals surface area contributed by atoms with Gasteiger partial charge in [0.1, 0.15) is 5.82 Å². The number of aryl methyl sites for hydroxylation is 2. The Kier molecular flexibility index (Phi) is 3.59. The molecular formula is C14H19N3. The summed E-state index contributed by atoms with van der Waals surface area (Å²) < 4.78 is 2.19. The van der Waals surface area contributed by atoms with Crippen molar-refractivity contribution in [1.82, 2.24) is 14.9 Å². The maximum Gasteiger partial charge on any atom is 0.122 e. The number of benzene rings is 1. The first kappa shape index (κ1) is 11.9. The lowest BCUT2D eigenvalue weighted by atomic mass is 10.1. The predicted octanol–water partition coefficient (Wildman–Crippen LogP) is 2.27. The van der Waals surface area contributed by atoms with Crippen molar-refractivity contribution in [3.8, 4) is 0 Å². The van der Waals surface area contributed by atoms with Crippen LogP contribution in [0.2, 0.25) is 0 Å². The molecule has 1 aromatic carbocycles. The molecule has 17 heavy (non-hydrogen) atoms. The quantitative estimate of drug-likeness (QED) is 0.871. The maximum atomic E-state index is 4.35. The number of imidazole rings is 1. The fourth-order valence-electron chi connectivity index (χ4n) is 1.96. The van der Waals surface area contributed by atoms with Crippen molar-refractivity contribution < 1.29 is 0 Å². The number of rotatable bonds is 4. The molecule has 0 saturated carbocycles. The third kappa shape index (κ3) is 2.74. The largest absolute Gasteiger partial charge is 0.329 e. The molecule has 3 heteroatoms. The van der Waals surface area contributed by atoms with Crippen molar-refractivity contribution in [2.24, 2.45) is 0 Å². The Bertz CT molecular complexity index is 500. The highest BCUT2D eigenvalue weighted by Crippen LogP contribution is 2.13. The zero-order valence-electron chi connectivity index (χ0n) is 10.7. The van der Waals surface area contributed by atoms with Gasteiger partial charge < -0.3 is 9.88 Å². The molecule has 2 aromatic rings. The van der Waals surface area contributed by atoms with Gasteiger partial charge in [0.2, 0.25) is 0 Å². The monoisotopic (exact) mass is 229 g/mol. The molecule has 0 aliphatic rings. The molecule has 0 amide bonds. The van der Waals surface area contributed by atoms with Crippen LogP contribution in [0.15, 0.2) is 30.6 Å². The lowest BCUT2D eigenvalue weighted by Gasteiger charge is -2.11. The van der Waals surface area contributed by atoms with Crippen LogP contribution in [-0.2, 0) is 13.1 Å². The second-order valence-corrected chi connectivity index (χ2v) is 4.43. The molecule has 90 valence electrons. The van der Waals surface area contributed by atoms with Crippen molar-refractivity contribution in [2.45, 2.75) is 26.9 Å². The first-order valence-electron chi connectivity index (χ1n) is 5.91. The summed E-state index contributed by atoms with van der Waals surface area (Å²) in [4.78, 5) is 4.35. The minimum absolute atomic E-state index is 0.803. The van der Waals surface area contributed by atoms with Gasteiger partial charge in [0, 0.05) is 18.9 Å². The Labute approximate surface area is 103 Å². The van der Waals surface area contributed by atoms with Gasteiger partial charge >= 0.3 is 0 Å².